The fourth-order valence-corrected chi connectivity index (χ4v) is 2.63. The first kappa shape index (κ1) is 17.0. The van der Waals surface area contributed by atoms with E-state index >= 15 is 0 Å². The topological polar surface area (TPSA) is 121 Å². The minimum atomic E-state index is -1.30. The fraction of sp³-hybridized carbons (Fsp3) is 0.118. The molecule has 0 saturated heterocycles. The second-order valence-corrected chi connectivity index (χ2v) is 5.45. The van der Waals surface area contributed by atoms with Crippen LogP contribution in [-0.4, -0.2) is 25.7 Å². The van der Waals surface area contributed by atoms with E-state index in [4.69, 9.17) is 5.11 Å². The molecule has 2 N–H and O–H groups in total. The average molecular weight is 353 g/mol. The minimum absolute atomic E-state index is 0.00748. The summed E-state index contributed by atoms with van der Waals surface area (Å²) in [7, 11) is 0. The van der Waals surface area contributed by atoms with Gasteiger partial charge in [0.2, 0.25) is 0 Å². The Hall–Kier alpha value is -3.80. The van der Waals surface area contributed by atoms with Crippen LogP contribution >= 0.6 is 0 Å². The zero-order valence-corrected chi connectivity index (χ0v) is 13.5. The lowest BCUT2D eigenvalue weighted by atomic mass is 10.1. The molecule has 0 fully saturated rings. The molecule has 0 aliphatic rings. The first-order valence-corrected chi connectivity index (χ1v) is 7.48. The van der Waals surface area contributed by atoms with Gasteiger partial charge >= 0.3 is 6.09 Å². The van der Waals surface area contributed by atoms with E-state index in [-0.39, 0.29) is 22.3 Å². The molecule has 26 heavy (non-hydrogen) atoms. The maximum absolute atomic E-state index is 13.8. The molecular formula is C17H12FN5O3. The summed E-state index contributed by atoms with van der Waals surface area (Å²) in [5.74, 6) is -0.684. The summed E-state index contributed by atoms with van der Waals surface area (Å²) in [6.07, 6.45) is 1.61. The molecule has 3 rings (SSSR count). The molecule has 0 aliphatic heterocycles. The number of hydrogen-bond donors (Lipinski definition) is 2. The highest BCUT2D eigenvalue weighted by molar-refractivity contribution is 5.84. The van der Waals surface area contributed by atoms with Gasteiger partial charge in [-0.1, -0.05) is 0 Å². The quantitative estimate of drug-likeness (QED) is 0.744. The predicted molar refractivity (Wildman–Crippen MR) is 89.4 cm³/mol. The number of aromatic nitrogens is 3. The largest absolute Gasteiger partial charge is 0.465 e. The summed E-state index contributed by atoms with van der Waals surface area (Å²) in [6.45, 7) is 1.50. The smallest absolute Gasteiger partial charge is 0.405 e. The van der Waals surface area contributed by atoms with Crippen molar-refractivity contribution in [1.29, 1.82) is 5.26 Å². The molecule has 9 heteroatoms. The predicted octanol–water partition coefficient (Wildman–Crippen LogP) is 2.12. The molecule has 0 spiro atoms. The number of carbonyl (C=O) groups is 1. The van der Waals surface area contributed by atoms with Crippen LogP contribution in [0.5, 0.6) is 0 Å². The van der Waals surface area contributed by atoms with E-state index in [1.165, 1.54) is 19.3 Å². The van der Waals surface area contributed by atoms with Gasteiger partial charge in [0.1, 0.15) is 17.7 Å². The number of nitriles is 1. The van der Waals surface area contributed by atoms with Gasteiger partial charge in [-0.15, -0.1) is 0 Å². The van der Waals surface area contributed by atoms with E-state index in [0.29, 0.717) is 5.69 Å². The van der Waals surface area contributed by atoms with Gasteiger partial charge in [0.15, 0.2) is 0 Å². The first-order chi connectivity index (χ1) is 12.4. The van der Waals surface area contributed by atoms with Crippen molar-refractivity contribution in [3.05, 3.63) is 64.2 Å². The number of benzene rings is 1. The van der Waals surface area contributed by atoms with Crippen molar-refractivity contribution < 1.29 is 14.3 Å². The molecule has 8 nitrogen and oxygen atoms in total. The highest BCUT2D eigenvalue weighted by Gasteiger charge is 2.21. The Bertz CT molecular complexity index is 1110. The van der Waals surface area contributed by atoms with Crippen LogP contribution < -0.4 is 10.9 Å². The van der Waals surface area contributed by atoms with Gasteiger partial charge in [0.05, 0.1) is 34.4 Å². The molecule has 2 aromatic heterocycles. The Labute approximate surface area is 146 Å². The number of pyridine rings is 1. The average Bonchev–Trinajstić information content (AvgIpc) is 2.61. The molecule has 0 radical (unpaired) electrons. The lowest BCUT2D eigenvalue weighted by Gasteiger charge is -2.18. The van der Waals surface area contributed by atoms with Gasteiger partial charge in [-0.2, -0.15) is 5.26 Å². The van der Waals surface area contributed by atoms with Crippen LogP contribution in [0.1, 0.15) is 24.4 Å². The number of nitrogens with one attached hydrogen (secondary N) is 1. The first-order valence-electron chi connectivity index (χ1n) is 7.48. The molecule has 2 heterocycles. The van der Waals surface area contributed by atoms with Crippen molar-refractivity contribution in [2.24, 2.45) is 0 Å². The van der Waals surface area contributed by atoms with Crippen LogP contribution in [0.2, 0.25) is 0 Å². The number of hydrogen-bond acceptors (Lipinski definition) is 5. The van der Waals surface area contributed by atoms with E-state index in [1.54, 1.807) is 18.2 Å². The standard InChI is InChI=1S/C17H12FN5O3/c1-9(21-17(25)26)15-22-14-10(7-19)5-11(18)6-13(14)16(24)23(15)12-3-2-4-20-8-12/h2-6,8-9,21H,1H3,(H,25,26). The minimum Gasteiger partial charge on any atom is -0.465 e. The van der Waals surface area contributed by atoms with Crippen LogP contribution in [0.3, 0.4) is 0 Å². The molecule has 1 amide bonds. The van der Waals surface area contributed by atoms with Crippen molar-refractivity contribution in [3.8, 4) is 11.8 Å². The Kier molecular flexibility index (Phi) is 4.33. The molecule has 1 unspecified atom stereocenters. The third-order valence-corrected chi connectivity index (χ3v) is 3.72. The molecule has 130 valence electrons. The summed E-state index contributed by atoms with van der Waals surface area (Å²) in [5, 5.41) is 20.4. The lowest BCUT2D eigenvalue weighted by molar-refractivity contribution is 0.190. The number of carboxylic acid groups (broad SMARTS) is 1. The van der Waals surface area contributed by atoms with Crippen LogP contribution in [0.15, 0.2) is 41.5 Å². The Morgan fingerprint density at radius 1 is 1.46 bits per heavy atom. The summed E-state index contributed by atoms with van der Waals surface area (Å²) in [6, 6.07) is 6.08. The Morgan fingerprint density at radius 3 is 2.85 bits per heavy atom. The summed E-state index contributed by atoms with van der Waals surface area (Å²) in [4.78, 5) is 32.3. The molecule has 0 bridgehead atoms. The van der Waals surface area contributed by atoms with E-state index in [9.17, 15) is 19.2 Å². The number of halogens is 1. The van der Waals surface area contributed by atoms with Crippen LogP contribution in [0.4, 0.5) is 9.18 Å². The van der Waals surface area contributed by atoms with Crippen molar-refractivity contribution in [2.75, 3.05) is 0 Å². The number of fused-ring (bicyclic) bond motifs is 1. The second-order valence-electron chi connectivity index (χ2n) is 5.45. The summed E-state index contributed by atoms with van der Waals surface area (Å²) >= 11 is 0. The van der Waals surface area contributed by atoms with Gasteiger partial charge < -0.3 is 10.4 Å². The van der Waals surface area contributed by atoms with Gasteiger partial charge in [-0.3, -0.25) is 14.3 Å². The van der Waals surface area contributed by atoms with Gasteiger partial charge in [0.25, 0.3) is 5.56 Å². The third-order valence-electron chi connectivity index (χ3n) is 3.72. The molecule has 3 aromatic rings. The molecule has 1 aromatic carbocycles. The summed E-state index contributed by atoms with van der Waals surface area (Å²) < 4.78 is 14.9. The maximum atomic E-state index is 13.8. The molecular weight excluding hydrogens is 341 g/mol. The molecule has 1 atom stereocenters. The van der Waals surface area contributed by atoms with Gasteiger partial charge in [-0.05, 0) is 31.2 Å². The maximum Gasteiger partial charge on any atom is 0.405 e. The fourth-order valence-electron chi connectivity index (χ4n) is 2.63. The Balaban J connectivity index is 2.43. The number of amides is 1. The second kappa shape index (κ2) is 6.60. The van der Waals surface area contributed by atoms with Crippen molar-refractivity contribution >= 4 is 17.0 Å². The van der Waals surface area contributed by atoms with Crippen LogP contribution in [0.25, 0.3) is 16.6 Å². The van der Waals surface area contributed by atoms with E-state index in [0.717, 1.165) is 16.7 Å². The lowest BCUT2D eigenvalue weighted by Crippen LogP contribution is -2.32. The van der Waals surface area contributed by atoms with Gasteiger partial charge in [-0.25, -0.2) is 14.2 Å². The van der Waals surface area contributed by atoms with E-state index in [1.807, 2.05) is 0 Å². The van der Waals surface area contributed by atoms with E-state index in [2.05, 4.69) is 15.3 Å². The SMILES string of the molecule is CC(NC(=O)O)c1nc2c(C#N)cc(F)cc2c(=O)n1-c1cccnc1. The van der Waals surface area contributed by atoms with Crippen LogP contribution in [-0.2, 0) is 0 Å². The highest BCUT2D eigenvalue weighted by Crippen LogP contribution is 2.21. The van der Waals surface area contributed by atoms with Crippen molar-refractivity contribution in [2.45, 2.75) is 13.0 Å². The molecule has 0 aliphatic carbocycles. The normalized spacial score (nSPS) is 11.7. The zero-order valence-electron chi connectivity index (χ0n) is 13.5. The monoisotopic (exact) mass is 353 g/mol. The van der Waals surface area contributed by atoms with Gasteiger partial charge in [0, 0.05) is 6.20 Å². The van der Waals surface area contributed by atoms with Crippen molar-refractivity contribution in [3.63, 3.8) is 0 Å². The summed E-state index contributed by atoms with van der Waals surface area (Å²) in [5.41, 5.74) is -0.399. The number of rotatable bonds is 3. The van der Waals surface area contributed by atoms with Crippen molar-refractivity contribution in [1.82, 2.24) is 19.9 Å². The van der Waals surface area contributed by atoms with E-state index < -0.39 is 23.5 Å². The third kappa shape index (κ3) is 2.95. The zero-order chi connectivity index (χ0) is 18.8. The van der Waals surface area contributed by atoms with Crippen LogP contribution in [0, 0.1) is 17.1 Å². The number of nitrogens with zero attached hydrogens (tertiary/aromatic N) is 4. The highest BCUT2D eigenvalue weighted by atomic mass is 19.1. The molecule has 0 saturated carbocycles. The Morgan fingerprint density at radius 2 is 2.23 bits per heavy atom.